The van der Waals surface area contributed by atoms with Gasteiger partial charge in [-0.25, -0.2) is 4.79 Å². The highest BCUT2D eigenvalue weighted by Gasteiger charge is 2.47. The molecule has 1 aliphatic rings. The third-order valence-corrected chi connectivity index (χ3v) is 6.15. The first-order valence-corrected chi connectivity index (χ1v) is 11.2. The number of nitro benzene ring substituents is 1. The number of nitro groups is 1. The van der Waals surface area contributed by atoms with E-state index in [4.69, 9.17) is 4.74 Å². The van der Waals surface area contributed by atoms with Gasteiger partial charge in [-0.1, -0.05) is 48.5 Å². The van der Waals surface area contributed by atoms with Crippen LogP contribution in [0, 0.1) is 24.0 Å². The topological polar surface area (TPSA) is 124 Å². The zero-order valence-corrected chi connectivity index (χ0v) is 19.6. The quantitative estimate of drug-likeness (QED) is 0.156. The SMILES string of the molecule is Cc1ccc(C(=O)COC(=O)C(Cc2ccccc2)N2C(=O)c3cccc([N+](=O)[O-])c3C2=O)cc1C. The van der Waals surface area contributed by atoms with Gasteiger partial charge in [0.15, 0.2) is 12.4 Å². The van der Waals surface area contributed by atoms with Crippen LogP contribution >= 0.6 is 0 Å². The fourth-order valence-corrected chi connectivity index (χ4v) is 4.07. The predicted octanol–water partition coefficient (Wildman–Crippen LogP) is 3.85. The summed E-state index contributed by atoms with van der Waals surface area (Å²) < 4.78 is 5.28. The van der Waals surface area contributed by atoms with Gasteiger partial charge in [-0.2, -0.15) is 0 Å². The van der Waals surface area contributed by atoms with Crippen LogP contribution < -0.4 is 0 Å². The van der Waals surface area contributed by atoms with Gasteiger partial charge in [0.25, 0.3) is 17.5 Å². The van der Waals surface area contributed by atoms with Gasteiger partial charge >= 0.3 is 5.97 Å². The summed E-state index contributed by atoms with van der Waals surface area (Å²) in [5.74, 6) is -3.20. The van der Waals surface area contributed by atoms with E-state index in [0.29, 0.717) is 16.0 Å². The molecule has 0 fully saturated rings. The van der Waals surface area contributed by atoms with E-state index in [0.717, 1.165) is 17.2 Å². The van der Waals surface area contributed by atoms with Crippen molar-refractivity contribution in [1.29, 1.82) is 0 Å². The molecule has 1 aliphatic heterocycles. The smallest absolute Gasteiger partial charge is 0.330 e. The highest BCUT2D eigenvalue weighted by atomic mass is 16.6. The Bertz CT molecular complexity index is 1400. The van der Waals surface area contributed by atoms with Gasteiger partial charge < -0.3 is 4.74 Å². The summed E-state index contributed by atoms with van der Waals surface area (Å²) in [5.41, 5.74) is 1.85. The molecule has 2 amide bonds. The lowest BCUT2D eigenvalue weighted by Gasteiger charge is -2.24. The lowest BCUT2D eigenvalue weighted by Crippen LogP contribution is -2.47. The van der Waals surface area contributed by atoms with E-state index in [-0.39, 0.29) is 17.5 Å². The molecule has 1 atom stereocenters. The van der Waals surface area contributed by atoms with Crippen molar-refractivity contribution in [2.24, 2.45) is 0 Å². The van der Waals surface area contributed by atoms with Crippen molar-refractivity contribution in [3.8, 4) is 0 Å². The van der Waals surface area contributed by atoms with Crippen LogP contribution in [0.1, 0.15) is 47.8 Å². The van der Waals surface area contributed by atoms with Gasteiger partial charge in [-0.05, 0) is 42.7 Å². The van der Waals surface area contributed by atoms with Crippen molar-refractivity contribution >= 4 is 29.3 Å². The molecule has 3 aromatic rings. The number of carbonyl (C=O) groups is 4. The molecule has 182 valence electrons. The standard InChI is InChI=1S/C27H22N2O7/c1-16-11-12-19(13-17(16)2)23(30)15-36-27(33)22(14-18-7-4-3-5-8-18)28-25(31)20-9-6-10-21(29(34)35)24(20)26(28)32/h3-13,22H,14-15H2,1-2H3. The Labute approximate surface area is 206 Å². The first-order valence-electron chi connectivity index (χ1n) is 11.2. The largest absolute Gasteiger partial charge is 0.456 e. The summed E-state index contributed by atoms with van der Waals surface area (Å²) in [5, 5.41) is 11.5. The second-order valence-corrected chi connectivity index (χ2v) is 8.47. The molecule has 1 heterocycles. The molecular weight excluding hydrogens is 464 g/mol. The fourth-order valence-electron chi connectivity index (χ4n) is 4.07. The molecule has 0 aliphatic carbocycles. The van der Waals surface area contributed by atoms with Crippen molar-refractivity contribution in [2.45, 2.75) is 26.3 Å². The highest BCUT2D eigenvalue weighted by molar-refractivity contribution is 6.24. The molecule has 0 bridgehead atoms. The van der Waals surface area contributed by atoms with Gasteiger partial charge in [-0.3, -0.25) is 29.4 Å². The molecular formula is C27H22N2O7. The Kier molecular flexibility index (Phi) is 6.73. The minimum absolute atomic E-state index is 0.0865. The van der Waals surface area contributed by atoms with Gasteiger partial charge in [0, 0.05) is 18.1 Å². The van der Waals surface area contributed by atoms with Crippen LogP contribution in [0.2, 0.25) is 0 Å². The maximum atomic E-state index is 13.2. The molecule has 0 aromatic heterocycles. The predicted molar refractivity (Wildman–Crippen MR) is 129 cm³/mol. The van der Waals surface area contributed by atoms with Crippen LogP contribution in [0.15, 0.2) is 66.7 Å². The van der Waals surface area contributed by atoms with E-state index in [1.165, 1.54) is 12.1 Å². The number of fused-ring (bicyclic) bond motifs is 1. The molecule has 0 radical (unpaired) electrons. The highest BCUT2D eigenvalue weighted by Crippen LogP contribution is 2.33. The van der Waals surface area contributed by atoms with Crippen LogP contribution in [0.4, 0.5) is 5.69 Å². The number of ether oxygens (including phenoxy) is 1. The zero-order valence-electron chi connectivity index (χ0n) is 19.6. The molecule has 0 saturated carbocycles. The van der Waals surface area contributed by atoms with Crippen LogP contribution in [0.3, 0.4) is 0 Å². The van der Waals surface area contributed by atoms with Gasteiger partial charge in [0.2, 0.25) is 0 Å². The Balaban J connectivity index is 1.62. The normalized spacial score (nSPS) is 13.3. The Morgan fingerprint density at radius 1 is 0.944 bits per heavy atom. The van der Waals surface area contributed by atoms with E-state index < -0.39 is 46.8 Å². The molecule has 36 heavy (non-hydrogen) atoms. The van der Waals surface area contributed by atoms with E-state index in [1.54, 1.807) is 48.5 Å². The number of carbonyl (C=O) groups excluding carboxylic acids is 4. The fraction of sp³-hybridized carbons (Fsp3) is 0.185. The first kappa shape index (κ1) is 24.5. The van der Waals surface area contributed by atoms with Gasteiger partial charge in [-0.15, -0.1) is 0 Å². The summed E-state index contributed by atoms with van der Waals surface area (Å²) in [6.45, 7) is 3.18. The van der Waals surface area contributed by atoms with Crippen LogP contribution in [0.5, 0.6) is 0 Å². The summed E-state index contributed by atoms with van der Waals surface area (Å²) in [6, 6.07) is 16.1. The van der Waals surface area contributed by atoms with Crippen molar-refractivity contribution in [2.75, 3.05) is 6.61 Å². The number of nitrogens with zero attached hydrogens (tertiary/aromatic N) is 2. The number of imide groups is 1. The molecule has 0 saturated heterocycles. The molecule has 9 nitrogen and oxygen atoms in total. The van der Waals surface area contributed by atoms with Crippen LogP contribution in [0.25, 0.3) is 0 Å². The maximum absolute atomic E-state index is 13.2. The molecule has 0 N–H and O–H groups in total. The number of benzene rings is 3. The van der Waals surface area contributed by atoms with E-state index in [1.807, 2.05) is 13.8 Å². The van der Waals surface area contributed by atoms with E-state index in [9.17, 15) is 29.3 Å². The molecule has 4 rings (SSSR count). The number of esters is 1. The Morgan fingerprint density at radius 3 is 2.33 bits per heavy atom. The van der Waals surface area contributed by atoms with Crippen molar-refractivity contribution in [3.63, 3.8) is 0 Å². The number of Topliss-reactive ketones (excluding diaryl/α,β-unsaturated/α-hetero) is 1. The maximum Gasteiger partial charge on any atom is 0.330 e. The molecule has 0 spiro atoms. The Morgan fingerprint density at radius 2 is 1.67 bits per heavy atom. The second kappa shape index (κ2) is 9.91. The van der Waals surface area contributed by atoms with E-state index in [2.05, 4.69) is 0 Å². The lowest BCUT2D eigenvalue weighted by atomic mass is 10.0. The third kappa shape index (κ3) is 4.63. The minimum Gasteiger partial charge on any atom is -0.456 e. The Hall–Kier alpha value is -4.66. The van der Waals surface area contributed by atoms with E-state index >= 15 is 0 Å². The number of hydrogen-bond donors (Lipinski definition) is 0. The van der Waals surface area contributed by atoms with Crippen molar-refractivity contribution < 1.29 is 28.8 Å². The summed E-state index contributed by atoms with van der Waals surface area (Å²) in [7, 11) is 0. The average Bonchev–Trinajstić information content (AvgIpc) is 3.12. The van der Waals surface area contributed by atoms with Crippen molar-refractivity contribution in [3.05, 3.63) is 110 Å². The summed E-state index contributed by atoms with van der Waals surface area (Å²) in [6.07, 6.45) is -0.0865. The van der Waals surface area contributed by atoms with Gasteiger partial charge in [0.05, 0.1) is 10.5 Å². The van der Waals surface area contributed by atoms with Crippen molar-refractivity contribution in [1.82, 2.24) is 4.90 Å². The molecule has 1 unspecified atom stereocenters. The average molecular weight is 486 g/mol. The lowest BCUT2D eigenvalue weighted by molar-refractivity contribution is -0.385. The third-order valence-electron chi connectivity index (χ3n) is 6.15. The molecule has 3 aromatic carbocycles. The monoisotopic (exact) mass is 486 g/mol. The molecule has 9 heteroatoms. The number of aryl methyl sites for hydroxylation is 2. The zero-order chi connectivity index (χ0) is 26.0. The van der Waals surface area contributed by atoms with Crippen LogP contribution in [-0.2, 0) is 16.0 Å². The van der Waals surface area contributed by atoms with Crippen LogP contribution in [-0.4, -0.2) is 46.0 Å². The minimum atomic E-state index is -1.42. The number of ketones is 1. The summed E-state index contributed by atoms with van der Waals surface area (Å²) >= 11 is 0. The second-order valence-electron chi connectivity index (χ2n) is 8.47. The number of amides is 2. The first-order chi connectivity index (χ1) is 17.2. The number of rotatable bonds is 8. The number of hydrogen-bond acceptors (Lipinski definition) is 7. The van der Waals surface area contributed by atoms with Gasteiger partial charge in [0.1, 0.15) is 11.6 Å². The summed E-state index contributed by atoms with van der Waals surface area (Å²) in [4.78, 5) is 63.6.